The molecule has 2 fully saturated rings. The Kier molecular flexibility index (Phi) is 6.37. The van der Waals surface area contributed by atoms with Crippen molar-refractivity contribution in [2.45, 2.75) is 63.8 Å². The summed E-state index contributed by atoms with van der Waals surface area (Å²) in [4.78, 5) is 14.2. The summed E-state index contributed by atoms with van der Waals surface area (Å²) < 4.78 is 23.3. The van der Waals surface area contributed by atoms with Gasteiger partial charge in [-0.3, -0.25) is 4.90 Å². The number of benzene rings is 1. The molecule has 1 aromatic rings. The lowest BCUT2D eigenvalue weighted by Gasteiger charge is -2.37. The fourth-order valence-corrected chi connectivity index (χ4v) is 3.76. The molecule has 7 heteroatoms. The highest BCUT2D eigenvalue weighted by Gasteiger charge is 2.55. The highest BCUT2D eigenvalue weighted by Crippen LogP contribution is 2.38. The first-order valence-corrected chi connectivity index (χ1v) is 9.50. The third kappa shape index (κ3) is 4.60. The van der Waals surface area contributed by atoms with E-state index in [0.29, 0.717) is 19.6 Å². The minimum absolute atomic E-state index is 0.0992. The van der Waals surface area contributed by atoms with Crippen LogP contribution in [0, 0.1) is 0 Å². The highest BCUT2D eigenvalue weighted by atomic mass is 16.8. The molecule has 0 saturated carbocycles. The van der Waals surface area contributed by atoms with Gasteiger partial charge in [-0.05, 0) is 32.8 Å². The first-order chi connectivity index (χ1) is 12.9. The smallest absolute Gasteiger partial charge is 0.412 e. The molecule has 0 spiro atoms. The van der Waals surface area contributed by atoms with Crippen LogP contribution in [0.2, 0.25) is 0 Å². The summed E-state index contributed by atoms with van der Waals surface area (Å²) in [6.45, 7) is 6.29. The molecule has 3 rings (SSSR count). The van der Waals surface area contributed by atoms with Crippen LogP contribution in [0.4, 0.5) is 4.79 Å². The van der Waals surface area contributed by atoms with E-state index in [-0.39, 0.29) is 25.3 Å². The summed E-state index contributed by atoms with van der Waals surface area (Å²) in [7, 11) is 0. The number of ether oxygens (including phenoxy) is 4. The lowest BCUT2D eigenvalue weighted by Crippen LogP contribution is -2.54. The predicted molar refractivity (Wildman–Crippen MR) is 98.1 cm³/mol. The highest BCUT2D eigenvalue weighted by molar-refractivity contribution is 5.68. The van der Waals surface area contributed by atoms with Gasteiger partial charge in [-0.2, -0.15) is 0 Å². The summed E-state index contributed by atoms with van der Waals surface area (Å²) in [5, 5.41) is 9.99. The van der Waals surface area contributed by atoms with Crippen LogP contribution in [0.25, 0.3) is 0 Å². The van der Waals surface area contributed by atoms with Gasteiger partial charge >= 0.3 is 6.09 Å². The summed E-state index contributed by atoms with van der Waals surface area (Å²) in [6, 6.07) is 9.58. The van der Waals surface area contributed by atoms with E-state index >= 15 is 0 Å². The number of rotatable bonds is 6. The van der Waals surface area contributed by atoms with Crippen molar-refractivity contribution in [1.29, 1.82) is 0 Å². The van der Waals surface area contributed by atoms with Crippen LogP contribution in [0.15, 0.2) is 30.3 Å². The fourth-order valence-electron chi connectivity index (χ4n) is 3.76. The SMILES string of the molecule is CC(O)CC1(C2OCN(C(=O)OC(C)C)C2Cc2ccccc2)OCCO1. The van der Waals surface area contributed by atoms with Gasteiger partial charge in [0.1, 0.15) is 12.8 Å². The zero-order chi connectivity index (χ0) is 19.4. The van der Waals surface area contributed by atoms with E-state index in [0.717, 1.165) is 5.56 Å². The van der Waals surface area contributed by atoms with Crippen LogP contribution >= 0.6 is 0 Å². The van der Waals surface area contributed by atoms with Gasteiger partial charge in [0, 0.05) is 6.42 Å². The van der Waals surface area contributed by atoms with Crippen molar-refractivity contribution in [1.82, 2.24) is 4.90 Å². The molecule has 2 aliphatic rings. The lowest BCUT2D eigenvalue weighted by molar-refractivity contribution is -0.237. The number of hydrogen-bond donors (Lipinski definition) is 1. The molecule has 2 heterocycles. The van der Waals surface area contributed by atoms with Crippen molar-refractivity contribution in [3.63, 3.8) is 0 Å². The van der Waals surface area contributed by atoms with Crippen LogP contribution in [0.3, 0.4) is 0 Å². The predicted octanol–water partition coefficient (Wildman–Crippen LogP) is 2.32. The van der Waals surface area contributed by atoms with E-state index in [2.05, 4.69) is 0 Å². The third-order valence-corrected chi connectivity index (χ3v) is 4.79. The normalized spacial score (nSPS) is 25.7. The van der Waals surface area contributed by atoms with Crippen molar-refractivity contribution in [2.24, 2.45) is 0 Å². The van der Waals surface area contributed by atoms with Crippen LogP contribution < -0.4 is 0 Å². The van der Waals surface area contributed by atoms with Crippen molar-refractivity contribution in [3.8, 4) is 0 Å². The van der Waals surface area contributed by atoms with Crippen molar-refractivity contribution < 1.29 is 28.8 Å². The van der Waals surface area contributed by atoms with Gasteiger partial charge in [-0.15, -0.1) is 0 Å². The Morgan fingerprint density at radius 2 is 1.93 bits per heavy atom. The van der Waals surface area contributed by atoms with Gasteiger partial charge in [0.25, 0.3) is 0 Å². The molecule has 0 radical (unpaired) electrons. The Balaban J connectivity index is 1.88. The summed E-state index contributed by atoms with van der Waals surface area (Å²) in [5.41, 5.74) is 1.07. The van der Waals surface area contributed by atoms with Gasteiger partial charge in [0.05, 0.1) is 31.5 Å². The van der Waals surface area contributed by atoms with Crippen molar-refractivity contribution in [2.75, 3.05) is 19.9 Å². The molecule has 1 amide bonds. The first-order valence-electron chi connectivity index (χ1n) is 9.50. The second-order valence-electron chi connectivity index (χ2n) is 7.44. The van der Waals surface area contributed by atoms with Crippen LogP contribution in [-0.2, 0) is 25.4 Å². The number of nitrogens with zero attached hydrogens (tertiary/aromatic N) is 1. The second-order valence-corrected chi connectivity index (χ2v) is 7.44. The molecule has 27 heavy (non-hydrogen) atoms. The molecule has 150 valence electrons. The van der Waals surface area contributed by atoms with Crippen LogP contribution in [0.5, 0.6) is 0 Å². The lowest BCUT2D eigenvalue weighted by atomic mass is 9.92. The Labute approximate surface area is 160 Å². The molecular formula is C20H29NO6. The molecule has 3 atom stereocenters. The van der Waals surface area contributed by atoms with E-state index in [1.807, 2.05) is 44.2 Å². The summed E-state index contributed by atoms with van der Waals surface area (Å²) in [6.07, 6.45) is -0.934. The molecule has 0 aliphatic carbocycles. The largest absolute Gasteiger partial charge is 0.447 e. The number of carbonyl (C=O) groups excluding carboxylic acids is 1. The summed E-state index contributed by atoms with van der Waals surface area (Å²) >= 11 is 0. The van der Waals surface area contributed by atoms with E-state index in [4.69, 9.17) is 18.9 Å². The third-order valence-electron chi connectivity index (χ3n) is 4.79. The van der Waals surface area contributed by atoms with Gasteiger partial charge in [-0.1, -0.05) is 30.3 Å². The average molecular weight is 379 g/mol. The maximum Gasteiger partial charge on any atom is 0.412 e. The number of aliphatic hydroxyl groups is 1. The van der Waals surface area contributed by atoms with Crippen LogP contribution in [-0.4, -0.2) is 66.2 Å². The second kappa shape index (κ2) is 8.56. The number of carbonyl (C=O) groups is 1. The standard InChI is InChI=1S/C20H29NO6/c1-14(2)27-19(23)21-13-24-18(17(21)11-16-7-5-4-6-8-16)20(12-15(3)22)25-9-10-26-20/h4-8,14-15,17-18,22H,9-13H2,1-3H3. The van der Waals surface area contributed by atoms with E-state index in [1.54, 1.807) is 11.8 Å². The molecule has 7 nitrogen and oxygen atoms in total. The van der Waals surface area contributed by atoms with Crippen LogP contribution in [0.1, 0.15) is 32.8 Å². The summed E-state index contributed by atoms with van der Waals surface area (Å²) in [5.74, 6) is -1.07. The van der Waals surface area contributed by atoms with E-state index < -0.39 is 24.1 Å². The molecule has 2 aliphatic heterocycles. The van der Waals surface area contributed by atoms with E-state index in [1.165, 1.54) is 0 Å². The Hall–Kier alpha value is -1.67. The molecular weight excluding hydrogens is 350 g/mol. The minimum atomic E-state index is -1.07. The maximum atomic E-state index is 12.6. The zero-order valence-corrected chi connectivity index (χ0v) is 16.2. The minimum Gasteiger partial charge on any atom is -0.447 e. The quantitative estimate of drug-likeness (QED) is 0.817. The topological polar surface area (TPSA) is 77.5 Å². The Morgan fingerprint density at radius 1 is 1.26 bits per heavy atom. The first kappa shape index (κ1) is 20.1. The van der Waals surface area contributed by atoms with Gasteiger partial charge < -0.3 is 24.1 Å². The molecule has 3 unspecified atom stereocenters. The monoisotopic (exact) mass is 379 g/mol. The van der Waals surface area contributed by atoms with E-state index in [9.17, 15) is 9.90 Å². The number of aliphatic hydroxyl groups excluding tert-OH is 1. The number of amides is 1. The van der Waals surface area contributed by atoms with Crippen molar-refractivity contribution >= 4 is 6.09 Å². The number of hydrogen-bond acceptors (Lipinski definition) is 6. The van der Waals surface area contributed by atoms with Gasteiger partial charge in [-0.25, -0.2) is 4.79 Å². The van der Waals surface area contributed by atoms with Gasteiger partial charge in [0.15, 0.2) is 5.79 Å². The Morgan fingerprint density at radius 3 is 2.52 bits per heavy atom. The maximum absolute atomic E-state index is 12.6. The van der Waals surface area contributed by atoms with Crippen molar-refractivity contribution in [3.05, 3.63) is 35.9 Å². The van der Waals surface area contributed by atoms with Gasteiger partial charge in [0.2, 0.25) is 0 Å². The zero-order valence-electron chi connectivity index (χ0n) is 16.2. The molecule has 1 aromatic carbocycles. The molecule has 0 aromatic heterocycles. The Bertz CT molecular complexity index is 614. The molecule has 1 N–H and O–H groups in total. The molecule has 0 bridgehead atoms. The molecule has 2 saturated heterocycles. The average Bonchev–Trinajstić information content (AvgIpc) is 3.22. The fraction of sp³-hybridized carbons (Fsp3) is 0.650.